The number of amides is 1. The van der Waals surface area contributed by atoms with Gasteiger partial charge in [0.05, 0.1) is 18.2 Å². The number of nitrogens with one attached hydrogen (secondary N) is 2. The highest BCUT2D eigenvalue weighted by Crippen LogP contribution is 2.33. The number of benzene rings is 1. The van der Waals surface area contributed by atoms with Gasteiger partial charge >= 0.3 is 0 Å². The molecule has 5 heteroatoms. The Labute approximate surface area is 124 Å². The first-order chi connectivity index (χ1) is 10.3. The summed E-state index contributed by atoms with van der Waals surface area (Å²) in [6, 6.07) is 6.39. The molecule has 110 valence electrons. The molecule has 0 unspecified atom stereocenters. The minimum Gasteiger partial charge on any atom is -0.384 e. The lowest BCUT2D eigenvalue weighted by atomic mass is 9.98. The van der Waals surface area contributed by atoms with E-state index in [4.69, 9.17) is 0 Å². The number of carbonyl (C=O) groups excluding carboxylic acids is 1. The van der Waals surface area contributed by atoms with Gasteiger partial charge in [-0.15, -0.1) is 0 Å². The second-order valence-corrected chi connectivity index (χ2v) is 5.27. The number of anilines is 1. The van der Waals surface area contributed by atoms with E-state index in [0.29, 0.717) is 13.0 Å². The molecule has 3 rings (SSSR count). The van der Waals surface area contributed by atoms with Gasteiger partial charge in [-0.25, -0.2) is 4.98 Å². The van der Waals surface area contributed by atoms with Crippen molar-refractivity contribution in [3.63, 3.8) is 0 Å². The second-order valence-electron chi connectivity index (χ2n) is 5.27. The van der Waals surface area contributed by atoms with Crippen LogP contribution in [0.2, 0.25) is 0 Å². The van der Waals surface area contributed by atoms with E-state index in [1.807, 2.05) is 10.8 Å². The average Bonchev–Trinajstić information content (AvgIpc) is 3.00. The van der Waals surface area contributed by atoms with E-state index in [9.17, 15) is 4.79 Å². The van der Waals surface area contributed by atoms with Gasteiger partial charge in [0, 0.05) is 37.8 Å². The molecule has 1 amide bonds. The number of imidazole rings is 1. The van der Waals surface area contributed by atoms with E-state index in [1.165, 1.54) is 23.2 Å². The molecule has 2 N–H and O–H groups in total. The van der Waals surface area contributed by atoms with Gasteiger partial charge < -0.3 is 15.2 Å². The van der Waals surface area contributed by atoms with Crippen LogP contribution in [0.15, 0.2) is 30.7 Å². The molecule has 2 aromatic rings. The monoisotopic (exact) mass is 284 g/mol. The lowest BCUT2D eigenvalue weighted by Crippen LogP contribution is -2.19. The maximum atomic E-state index is 11.4. The fourth-order valence-corrected chi connectivity index (χ4v) is 2.79. The number of para-hydroxylation sites is 1. The number of hydrogen-bond acceptors (Lipinski definition) is 3. The van der Waals surface area contributed by atoms with Crippen LogP contribution in [-0.4, -0.2) is 29.1 Å². The zero-order valence-electron chi connectivity index (χ0n) is 12.2. The van der Waals surface area contributed by atoms with Crippen molar-refractivity contribution in [2.45, 2.75) is 25.8 Å². The Balaban J connectivity index is 1.91. The maximum Gasteiger partial charge on any atom is 0.221 e. The standard InChI is InChI=1S/C16H20N4O/c1-17-15(21)7-9-20-11-18-10-14(20)13-6-2-4-12-5-3-8-19-16(12)13/h2,4,6,10-11,19H,3,5,7-9H2,1H3,(H,17,21). The van der Waals surface area contributed by atoms with E-state index in [-0.39, 0.29) is 5.91 Å². The molecule has 1 aromatic carbocycles. The van der Waals surface area contributed by atoms with Crippen LogP contribution in [0.3, 0.4) is 0 Å². The molecule has 0 fully saturated rings. The predicted octanol–water partition coefficient (Wildman–Crippen LogP) is 2.04. The van der Waals surface area contributed by atoms with Crippen molar-refractivity contribution in [3.05, 3.63) is 36.3 Å². The smallest absolute Gasteiger partial charge is 0.221 e. The quantitative estimate of drug-likeness (QED) is 0.903. The van der Waals surface area contributed by atoms with Gasteiger partial charge in [-0.05, 0) is 18.4 Å². The predicted molar refractivity (Wildman–Crippen MR) is 83.2 cm³/mol. The topological polar surface area (TPSA) is 59.0 Å². The number of carbonyl (C=O) groups is 1. The first-order valence-corrected chi connectivity index (χ1v) is 7.36. The highest BCUT2D eigenvalue weighted by molar-refractivity contribution is 5.79. The van der Waals surface area contributed by atoms with Crippen molar-refractivity contribution < 1.29 is 4.79 Å². The maximum absolute atomic E-state index is 11.4. The second kappa shape index (κ2) is 5.99. The van der Waals surface area contributed by atoms with Gasteiger partial charge in [0.1, 0.15) is 0 Å². The molecule has 1 aromatic heterocycles. The Morgan fingerprint density at radius 3 is 3.24 bits per heavy atom. The van der Waals surface area contributed by atoms with Crippen molar-refractivity contribution in [2.24, 2.45) is 0 Å². The van der Waals surface area contributed by atoms with Crippen LogP contribution in [0.4, 0.5) is 5.69 Å². The number of aryl methyl sites for hydroxylation is 2. The van der Waals surface area contributed by atoms with Crippen molar-refractivity contribution >= 4 is 11.6 Å². The number of fused-ring (bicyclic) bond motifs is 1. The lowest BCUT2D eigenvalue weighted by Gasteiger charge is -2.21. The molecule has 0 bridgehead atoms. The fourth-order valence-electron chi connectivity index (χ4n) is 2.79. The van der Waals surface area contributed by atoms with Crippen molar-refractivity contribution in [1.82, 2.24) is 14.9 Å². The zero-order valence-corrected chi connectivity index (χ0v) is 12.2. The van der Waals surface area contributed by atoms with Crippen LogP contribution < -0.4 is 10.6 Å². The fraction of sp³-hybridized carbons (Fsp3) is 0.375. The van der Waals surface area contributed by atoms with E-state index >= 15 is 0 Å². The van der Waals surface area contributed by atoms with E-state index in [0.717, 1.165) is 18.7 Å². The Morgan fingerprint density at radius 1 is 1.48 bits per heavy atom. The van der Waals surface area contributed by atoms with Crippen LogP contribution in [-0.2, 0) is 17.8 Å². The number of hydrogen-bond donors (Lipinski definition) is 2. The Morgan fingerprint density at radius 2 is 2.38 bits per heavy atom. The third kappa shape index (κ3) is 2.77. The summed E-state index contributed by atoms with van der Waals surface area (Å²) < 4.78 is 2.04. The Bertz CT molecular complexity index is 647. The molecule has 0 spiro atoms. The van der Waals surface area contributed by atoms with Gasteiger partial charge in [-0.1, -0.05) is 18.2 Å². The van der Waals surface area contributed by atoms with Crippen LogP contribution in [0.25, 0.3) is 11.3 Å². The molecule has 21 heavy (non-hydrogen) atoms. The minimum absolute atomic E-state index is 0.0443. The van der Waals surface area contributed by atoms with E-state index < -0.39 is 0 Å². The largest absolute Gasteiger partial charge is 0.384 e. The van der Waals surface area contributed by atoms with Crippen LogP contribution in [0.1, 0.15) is 18.4 Å². The molecule has 0 radical (unpaired) electrons. The third-order valence-corrected chi connectivity index (χ3v) is 3.92. The average molecular weight is 284 g/mol. The van der Waals surface area contributed by atoms with Gasteiger partial charge in [0.15, 0.2) is 0 Å². The summed E-state index contributed by atoms with van der Waals surface area (Å²) in [7, 11) is 1.66. The summed E-state index contributed by atoms with van der Waals surface area (Å²) in [5.74, 6) is 0.0443. The van der Waals surface area contributed by atoms with E-state index in [1.54, 1.807) is 13.4 Å². The molecule has 5 nitrogen and oxygen atoms in total. The highest BCUT2D eigenvalue weighted by Gasteiger charge is 2.16. The molecular weight excluding hydrogens is 264 g/mol. The molecule has 0 atom stereocenters. The summed E-state index contributed by atoms with van der Waals surface area (Å²) in [6.45, 7) is 1.65. The minimum atomic E-state index is 0.0443. The van der Waals surface area contributed by atoms with Crippen LogP contribution in [0, 0.1) is 0 Å². The molecule has 2 heterocycles. The molecular formula is C16H20N4O. The molecule has 0 saturated carbocycles. The van der Waals surface area contributed by atoms with E-state index in [2.05, 4.69) is 33.8 Å². The molecule has 1 aliphatic rings. The highest BCUT2D eigenvalue weighted by atomic mass is 16.1. The molecule has 1 aliphatic heterocycles. The molecule has 0 saturated heterocycles. The van der Waals surface area contributed by atoms with Crippen molar-refractivity contribution in [3.8, 4) is 11.3 Å². The van der Waals surface area contributed by atoms with Gasteiger partial charge in [0.2, 0.25) is 5.91 Å². The zero-order chi connectivity index (χ0) is 14.7. The van der Waals surface area contributed by atoms with Crippen molar-refractivity contribution in [1.29, 1.82) is 0 Å². The summed E-state index contributed by atoms with van der Waals surface area (Å²) in [4.78, 5) is 15.7. The summed E-state index contributed by atoms with van der Waals surface area (Å²) in [6.07, 6.45) is 6.41. The molecule has 0 aliphatic carbocycles. The van der Waals surface area contributed by atoms with Gasteiger partial charge in [-0.3, -0.25) is 4.79 Å². The number of rotatable bonds is 4. The van der Waals surface area contributed by atoms with Crippen LogP contribution in [0.5, 0.6) is 0 Å². The summed E-state index contributed by atoms with van der Waals surface area (Å²) in [5.41, 5.74) is 4.80. The first-order valence-electron chi connectivity index (χ1n) is 7.36. The lowest BCUT2D eigenvalue weighted by molar-refractivity contribution is -0.120. The first kappa shape index (κ1) is 13.7. The Kier molecular flexibility index (Phi) is 3.90. The van der Waals surface area contributed by atoms with Gasteiger partial charge in [0.25, 0.3) is 0 Å². The van der Waals surface area contributed by atoms with Gasteiger partial charge in [-0.2, -0.15) is 0 Å². The number of nitrogens with zero attached hydrogens (tertiary/aromatic N) is 2. The summed E-state index contributed by atoms with van der Waals surface area (Å²) >= 11 is 0. The SMILES string of the molecule is CNC(=O)CCn1cncc1-c1cccc2c1NCCC2. The third-order valence-electron chi connectivity index (χ3n) is 3.92. The normalized spacial score (nSPS) is 13.4. The summed E-state index contributed by atoms with van der Waals surface area (Å²) in [5, 5.41) is 6.15. The van der Waals surface area contributed by atoms with Crippen LogP contribution >= 0.6 is 0 Å². The number of aromatic nitrogens is 2. The Hall–Kier alpha value is -2.30. The van der Waals surface area contributed by atoms with Crippen molar-refractivity contribution in [2.75, 3.05) is 18.9 Å².